The standard InChI is InChI=1S/C65H106O6/c1-4-7-10-13-16-19-22-25-28-31-34-37-40-43-46-49-52-55-58-64(67)70-61-62(60-69-63(66)57-54-51-48-45-42-39-36-33-30-27-24-21-18-15-12-9-6-3)71-65(68)59-56-53-50-47-44-41-38-35-32-29-26-23-20-17-14-11-8-5-2/h16-23,25-32,34-35,37-38,62H,4-15,24,33,36,39-61H2,1-3H3/b19-16-,20-17-,21-18-,25-22-,26-23-,30-27-,31-28-,32-29-,37-34-,38-35-. The van der Waals surface area contributed by atoms with Gasteiger partial charge in [0, 0.05) is 19.3 Å². The molecule has 1 atom stereocenters. The maximum absolute atomic E-state index is 12.9. The first-order chi connectivity index (χ1) is 35.0. The lowest BCUT2D eigenvalue weighted by molar-refractivity contribution is -0.167. The Balaban J connectivity index is 4.53. The van der Waals surface area contributed by atoms with Crippen molar-refractivity contribution in [3.8, 4) is 0 Å². The van der Waals surface area contributed by atoms with E-state index in [1.807, 2.05) is 0 Å². The smallest absolute Gasteiger partial charge is 0.306 e. The molecule has 402 valence electrons. The Morgan fingerprint density at radius 1 is 0.296 bits per heavy atom. The number of allylic oxidation sites excluding steroid dienone is 20. The molecule has 0 aliphatic heterocycles. The molecule has 71 heavy (non-hydrogen) atoms. The van der Waals surface area contributed by atoms with Gasteiger partial charge in [0.1, 0.15) is 13.2 Å². The minimum absolute atomic E-state index is 0.103. The van der Waals surface area contributed by atoms with Gasteiger partial charge in [-0.15, -0.1) is 0 Å². The van der Waals surface area contributed by atoms with Crippen LogP contribution < -0.4 is 0 Å². The van der Waals surface area contributed by atoms with Crippen molar-refractivity contribution in [3.63, 3.8) is 0 Å². The second-order valence-electron chi connectivity index (χ2n) is 19.0. The summed E-state index contributed by atoms with van der Waals surface area (Å²) in [5, 5.41) is 0. The van der Waals surface area contributed by atoms with Crippen molar-refractivity contribution < 1.29 is 28.6 Å². The second-order valence-corrected chi connectivity index (χ2v) is 19.0. The number of rotatable bonds is 51. The van der Waals surface area contributed by atoms with E-state index in [1.54, 1.807) is 0 Å². The Kier molecular flexibility index (Phi) is 54.9. The topological polar surface area (TPSA) is 78.9 Å². The highest BCUT2D eigenvalue weighted by atomic mass is 16.6. The first-order valence-corrected chi connectivity index (χ1v) is 29.1. The molecule has 6 heteroatoms. The molecule has 0 aromatic heterocycles. The molecule has 0 heterocycles. The van der Waals surface area contributed by atoms with Crippen LogP contribution in [-0.4, -0.2) is 37.2 Å². The highest BCUT2D eigenvalue weighted by Crippen LogP contribution is 2.14. The van der Waals surface area contributed by atoms with Crippen LogP contribution in [0.2, 0.25) is 0 Å². The van der Waals surface area contributed by atoms with Crippen LogP contribution in [0.25, 0.3) is 0 Å². The van der Waals surface area contributed by atoms with E-state index in [2.05, 4.69) is 142 Å². The fourth-order valence-electron chi connectivity index (χ4n) is 7.67. The molecular formula is C65H106O6. The predicted octanol–water partition coefficient (Wildman–Crippen LogP) is 19.6. The van der Waals surface area contributed by atoms with E-state index in [0.717, 1.165) is 122 Å². The van der Waals surface area contributed by atoms with Gasteiger partial charge in [-0.1, -0.05) is 251 Å². The lowest BCUT2D eigenvalue weighted by atomic mass is 10.1. The van der Waals surface area contributed by atoms with Crippen molar-refractivity contribution in [2.45, 2.75) is 258 Å². The van der Waals surface area contributed by atoms with Crippen LogP contribution in [0.15, 0.2) is 122 Å². The van der Waals surface area contributed by atoms with Gasteiger partial charge in [-0.2, -0.15) is 0 Å². The van der Waals surface area contributed by atoms with Gasteiger partial charge >= 0.3 is 17.9 Å². The molecule has 0 rings (SSSR count). The van der Waals surface area contributed by atoms with Crippen molar-refractivity contribution in [2.24, 2.45) is 0 Å². The minimum Gasteiger partial charge on any atom is -0.462 e. The van der Waals surface area contributed by atoms with Crippen LogP contribution in [0.4, 0.5) is 0 Å². The predicted molar refractivity (Wildman–Crippen MR) is 306 cm³/mol. The Labute approximate surface area is 437 Å². The summed E-state index contributed by atoms with van der Waals surface area (Å²) < 4.78 is 16.8. The molecule has 0 fully saturated rings. The molecule has 0 amide bonds. The third-order valence-electron chi connectivity index (χ3n) is 12.1. The molecule has 0 aliphatic rings. The number of esters is 3. The second kappa shape index (κ2) is 58.4. The zero-order valence-corrected chi connectivity index (χ0v) is 45.9. The zero-order valence-electron chi connectivity index (χ0n) is 45.9. The molecule has 6 nitrogen and oxygen atoms in total. The molecule has 0 aliphatic carbocycles. The number of unbranched alkanes of at least 4 members (excludes halogenated alkanes) is 26. The van der Waals surface area contributed by atoms with Crippen LogP contribution in [0.3, 0.4) is 0 Å². The van der Waals surface area contributed by atoms with Crippen molar-refractivity contribution >= 4 is 17.9 Å². The van der Waals surface area contributed by atoms with Crippen molar-refractivity contribution in [1.29, 1.82) is 0 Å². The number of hydrogen-bond acceptors (Lipinski definition) is 6. The van der Waals surface area contributed by atoms with Crippen molar-refractivity contribution in [3.05, 3.63) is 122 Å². The zero-order chi connectivity index (χ0) is 51.4. The van der Waals surface area contributed by atoms with Crippen LogP contribution in [0, 0.1) is 0 Å². The maximum atomic E-state index is 12.9. The monoisotopic (exact) mass is 983 g/mol. The van der Waals surface area contributed by atoms with Gasteiger partial charge in [0.25, 0.3) is 0 Å². The number of carbonyl (C=O) groups is 3. The highest BCUT2D eigenvalue weighted by Gasteiger charge is 2.19. The molecule has 0 spiro atoms. The molecule has 0 aromatic carbocycles. The molecule has 0 aromatic rings. The van der Waals surface area contributed by atoms with Gasteiger partial charge in [-0.25, -0.2) is 0 Å². The van der Waals surface area contributed by atoms with E-state index in [9.17, 15) is 14.4 Å². The summed E-state index contributed by atoms with van der Waals surface area (Å²) in [5.41, 5.74) is 0. The number of hydrogen-bond donors (Lipinski definition) is 0. The lowest BCUT2D eigenvalue weighted by Crippen LogP contribution is -2.30. The Morgan fingerprint density at radius 2 is 0.563 bits per heavy atom. The first-order valence-electron chi connectivity index (χ1n) is 29.1. The fourth-order valence-corrected chi connectivity index (χ4v) is 7.67. The quantitative estimate of drug-likeness (QED) is 0.0199. The highest BCUT2D eigenvalue weighted by molar-refractivity contribution is 5.71. The van der Waals surface area contributed by atoms with Gasteiger partial charge < -0.3 is 14.2 Å². The van der Waals surface area contributed by atoms with E-state index in [0.29, 0.717) is 19.3 Å². The number of ether oxygens (including phenoxy) is 3. The Bertz CT molecular complexity index is 1500. The lowest BCUT2D eigenvalue weighted by Gasteiger charge is -2.18. The van der Waals surface area contributed by atoms with E-state index in [4.69, 9.17) is 14.2 Å². The number of carbonyl (C=O) groups excluding carboxylic acids is 3. The summed E-state index contributed by atoms with van der Waals surface area (Å²) in [6.45, 7) is 6.49. The van der Waals surface area contributed by atoms with E-state index in [1.165, 1.54) is 89.9 Å². The van der Waals surface area contributed by atoms with Crippen molar-refractivity contribution in [1.82, 2.24) is 0 Å². The van der Waals surface area contributed by atoms with Crippen molar-refractivity contribution in [2.75, 3.05) is 13.2 Å². The fraction of sp³-hybridized carbons (Fsp3) is 0.646. The molecule has 0 saturated carbocycles. The molecule has 0 N–H and O–H groups in total. The molecular weight excluding hydrogens is 877 g/mol. The summed E-state index contributed by atoms with van der Waals surface area (Å²) in [6.07, 6.45) is 80.2. The van der Waals surface area contributed by atoms with Gasteiger partial charge in [-0.05, 0) is 103 Å². The molecule has 0 saturated heterocycles. The molecule has 0 radical (unpaired) electrons. The summed E-state index contributed by atoms with van der Waals surface area (Å²) in [4.78, 5) is 38.2. The third-order valence-corrected chi connectivity index (χ3v) is 12.1. The average Bonchev–Trinajstić information content (AvgIpc) is 3.37. The normalized spacial score (nSPS) is 13.0. The largest absolute Gasteiger partial charge is 0.462 e. The van der Waals surface area contributed by atoms with E-state index >= 15 is 0 Å². The average molecular weight is 984 g/mol. The SMILES string of the molecule is CCCCC\C=C/C=C\C=C/C=C\CCCCCCCC(=O)OCC(COC(=O)CCCCCCCCC/C=C\C/C=C\CCCCC)OC(=O)CCCCCCC\C=C/C=C\C=C/C=C\CCCCC. The van der Waals surface area contributed by atoms with Gasteiger partial charge in [0.2, 0.25) is 0 Å². The maximum Gasteiger partial charge on any atom is 0.306 e. The Hall–Kier alpha value is -4.19. The minimum atomic E-state index is -0.809. The summed E-state index contributed by atoms with van der Waals surface area (Å²) in [7, 11) is 0. The third kappa shape index (κ3) is 56.6. The summed E-state index contributed by atoms with van der Waals surface area (Å²) >= 11 is 0. The summed E-state index contributed by atoms with van der Waals surface area (Å²) in [6, 6.07) is 0. The Morgan fingerprint density at radius 3 is 0.901 bits per heavy atom. The van der Waals surface area contributed by atoms with Gasteiger partial charge in [-0.3, -0.25) is 14.4 Å². The summed E-state index contributed by atoms with van der Waals surface area (Å²) in [5.74, 6) is -0.957. The van der Waals surface area contributed by atoms with Gasteiger partial charge in [0.05, 0.1) is 0 Å². The molecule has 1 unspecified atom stereocenters. The van der Waals surface area contributed by atoms with E-state index in [-0.39, 0.29) is 31.1 Å². The van der Waals surface area contributed by atoms with Crippen LogP contribution >= 0.6 is 0 Å². The first kappa shape index (κ1) is 66.8. The van der Waals surface area contributed by atoms with Gasteiger partial charge in [0.15, 0.2) is 6.10 Å². The van der Waals surface area contributed by atoms with Crippen LogP contribution in [-0.2, 0) is 28.6 Å². The molecule has 0 bridgehead atoms. The van der Waals surface area contributed by atoms with Crippen LogP contribution in [0.5, 0.6) is 0 Å². The van der Waals surface area contributed by atoms with Crippen LogP contribution in [0.1, 0.15) is 252 Å². The van der Waals surface area contributed by atoms with E-state index < -0.39 is 6.10 Å².